The second-order valence-corrected chi connectivity index (χ2v) is 4.92. The topological polar surface area (TPSA) is 89.4 Å². The number of benzene rings is 1. The Bertz CT molecular complexity index is 657. The summed E-state index contributed by atoms with van der Waals surface area (Å²) in [5.74, 6) is -1.30. The highest BCUT2D eigenvalue weighted by molar-refractivity contribution is 6.39. The molecule has 122 valence electrons. The zero-order valence-corrected chi connectivity index (χ0v) is 13.1. The number of hydrogen-bond acceptors (Lipinski definition) is 5. The Labute approximate surface area is 134 Å². The van der Waals surface area contributed by atoms with E-state index in [1.54, 1.807) is 37.3 Å². The Morgan fingerprint density at radius 1 is 1.35 bits per heavy atom. The first-order chi connectivity index (χ1) is 11.1. The van der Waals surface area contributed by atoms with Crippen LogP contribution in [0.2, 0.25) is 0 Å². The highest BCUT2D eigenvalue weighted by atomic mass is 16.5. The van der Waals surface area contributed by atoms with Crippen molar-refractivity contribution in [3.63, 3.8) is 0 Å². The molecule has 8 nitrogen and oxygen atoms in total. The van der Waals surface area contributed by atoms with Gasteiger partial charge >= 0.3 is 11.8 Å². The third-order valence-electron chi connectivity index (χ3n) is 3.24. The van der Waals surface area contributed by atoms with E-state index in [1.807, 2.05) is 12.1 Å². The van der Waals surface area contributed by atoms with Crippen LogP contribution >= 0.6 is 0 Å². The summed E-state index contributed by atoms with van der Waals surface area (Å²) in [6, 6.07) is 7.25. The largest absolute Gasteiger partial charge is 0.383 e. The molecule has 0 radical (unpaired) electrons. The number of nitrogens with one attached hydrogen (secondary N) is 1. The minimum atomic E-state index is -0.686. The van der Waals surface area contributed by atoms with Gasteiger partial charge in [0.1, 0.15) is 12.7 Å². The van der Waals surface area contributed by atoms with Crippen molar-refractivity contribution in [2.75, 3.05) is 32.6 Å². The lowest BCUT2D eigenvalue weighted by Crippen LogP contribution is -2.38. The molecule has 2 aromatic rings. The lowest BCUT2D eigenvalue weighted by atomic mass is 10.1. The fraction of sp³-hybridized carbons (Fsp3) is 0.333. The maximum absolute atomic E-state index is 12.1. The normalized spacial score (nSPS) is 10.3. The number of nitrogens with zero attached hydrogens (tertiary/aromatic N) is 4. The molecule has 0 saturated carbocycles. The SMILES string of the molecule is COCCN(C)C(=O)C(=O)Nc1ccccc1Cn1cncn1. The quantitative estimate of drug-likeness (QED) is 0.778. The van der Waals surface area contributed by atoms with Gasteiger partial charge < -0.3 is 15.0 Å². The summed E-state index contributed by atoms with van der Waals surface area (Å²) in [7, 11) is 3.10. The van der Waals surface area contributed by atoms with Crippen molar-refractivity contribution in [1.82, 2.24) is 19.7 Å². The maximum Gasteiger partial charge on any atom is 0.313 e. The third kappa shape index (κ3) is 4.62. The van der Waals surface area contributed by atoms with Gasteiger partial charge in [-0.15, -0.1) is 0 Å². The number of methoxy groups -OCH3 is 1. The van der Waals surface area contributed by atoms with E-state index in [0.717, 1.165) is 5.56 Å². The fourth-order valence-electron chi connectivity index (χ4n) is 1.95. The summed E-state index contributed by atoms with van der Waals surface area (Å²) in [5, 5.41) is 6.68. The van der Waals surface area contributed by atoms with Gasteiger partial charge in [0.05, 0.1) is 13.2 Å². The highest BCUT2D eigenvalue weighted by Gasteiger charge is 2.19. The average Bonchev–Trinajstić information content (AvgIpc) is 3.06. The molecule has 2 amide bonds. The Balaban J connectivity index is 2.04. The van der Waals surface area contributed by atoms with E-state index in [2.05, 4.69) is 15.4 Å². The van der Waals surface area contributed by atoms with Crippen LogP contribution in [0.25, 0.3) is 0 Å². The summed E-state index contributed by atoms with van der Waals surface area (Å²) in [6.07, 6.45) is 3.03. The summed E-state index contributed by atoms with van der Waals surface area (Å²) >= 11 is 0. The van der Waals surface area contributed by atoms with E-state index in [9.17, 15) is 9.59 Å². The molecule has 1 aromatic heterocycles. The van der Waals surface area contributed by atoms with Gasteiger partial charge in [-0.25, -0.2) is 9.67 Å². The van der Waals surface area contributed by atoms with E-state index >= 15 is 0 Å². The van der Waals surface area contributed by atoms with Gasteiger partial charge in [-0.05, 0) is 11.6 Å². The van der Waals surface area contributed by atoms with Crippen LogP contribution in [0.3, 0.4) is 0 Å². The molecule has 0 bridgehead atoms. The van der Waals surface area contributed by atoms with Crippen LogP contribution in [-0.2, 0) is 20.9 Å². The Morgan fingerprint density at radius 2 is 2.13 bits per heavy atom. The van der Waals surface area contributed by atoms with Crippen LogP contribution in [-0.4, -0.2) is 58.8 Å². The number of rotatable bonds is 6. The van der Waals surface area contributed by atoms with Gasteiger partial charge in [-0.1, -0.05) is 18.2 Å². The molecule has 0 atom stereocenters. The lowest BCUT2D eigenvalue weighted by molar-refractivity contribution is -0.142. The molecule has 23 heavy (non-hydrogen) atoms. The number of amides is 2. The number of para-hydroxylation sites is 1. The molecule has 0 unspecified atom stereocenters. The highest BCUT2D eigenvalue weighted by Crippen LogP contribution is 2.16. The molecule has 0 spiro atoms. The molecule has 1 heterocycles. The first-order valence-electron chi connectivity index (χ1n) is 7.07. The Morgan fingerprint density at radius 3 is 2.83 bits per heavy atom. The smallest absolute Gasteiger partial charge is 0.313 e. The zero-order valence-electron chi connectivity index (χ0n) is 13.1. The molecule has 0 aliphatic rings. The van der Waals surface area contributed by atoms with Crippen LogP contribution in [0.5, 0.6) is 0 Å². The van der Waals surface area contributed by atoms with Gasteiger partial charge in [0.25, 0.3) is 0 Å². The molecule has 0 aliphatic carbocycles. The zero-order chi connectivity index (χ0) is 16.7. The van der Waals surface area contributed by atoms with Crippen LogP contribution in [0, 0.1) is 0 Å². The van der Waals surface area contributed by atoms with Crippen LogP contribution in [0.4, 0.5) is 5.69 Å². The number of aromatic nitrogens is 3. The van der Waals surface area contributed by atoms with Crippen molar-refractivity contribution in [1.29, 1.82) is 0 Å². The molecular formula is C15H19N5O3. The predicted octanol–water partition coefficient (Wildman–Crippen LogP) is 0.370. The number of anilines is 1. The second kappa shape index (κ2) is 8.04. The van der Waals surface area contributed by atoms with Crippen LogP contribution in [0.15, 0.2) is 36.9 Å². The minimum Gasteiger partial charge on any atom is -0.383 e. The van der Waals surface area contributed by atoms with Crippen molar-refractivity contribution < 1.29 is 14.3 Å². The average molecular weight is 317 g/mol. The summed E-state index contributed by atoms with van der Waals surface area (Å²) in [6.45, 7) is 1.17. The predicted molar refractivity (Wildman–Crippen MR) is 83.7 cm³/mol. The number of ether oxygens (including phenoxy) is 1. The molecule has 0 fully saturated rings. The molecule has 0 saturated heterocycles. The lowest BCUT2D eigenvalue weighted by Gasteiger charge is -2.17. The van der Waals surface area contributed by atoms with Gasteiger partial charge in [0.2, 0.25) is 0 Å². The number of likely N-dealkylation sites (N-methyl/N-ethyl adjacent to an activating group) is 1. The summed E-state index contributed by atoms with van der Waals surface area (Å²) < 4.78 is 6.53. The second-order valence-electron chi connectivity index (χ2n) is 4.92. The van der Waals surface area contributed by atoms with Crippen molar-refractivity contribution in [2.45, 2.75) is 6.54 Å². The molecule has 8 heteroatoms. The molecular weight excluding hydrogens is 298 g/mol. The van der Waals surface area contributed by atoms with Gasteiger partial charge in [-0.2, -0.15) is 5.10 Å². The summed E-state index contributed by atoms with van der Waals surface area (Å²) in [5.41, 5.74) is 1.40. The van der Waals surface area contributed by atoms with Crippen molar-refractivity contribution in [3.05, 3.63) is 42.5 Å². The van der Waals surface area contributed by atoms with Crippen molar-refractivity contribution in [2.24, 2.45) is 0 Å². The Kier molecular flexibility index (Phi) is 5.81. The molecule has 1 N–H and O–H groups in total. The number of hydrogen-bond donors (Lipinski definition) is 1. The van der Waals surface area contributed by atoms with E-state index in [4.69, 9.17) is 4.74 Å². The number of carbonyl (C=O) groups is 2. The standard InChI is InChI=1S/C15H19N5O3/c1-19(7-8-23-2)15(22)14(21)18-13-6-4-3-5-12(13)9-20-11-16-10-17-20/h3-6,10-11H,7-9H2,1-2H3,(H,18,21). The Hall–Kier alpha value is -2.74. The van der Waals surface area contributed by atoms with Crippen LogP contribution in [0.1, 0.15) is 5.56 Å². The van der Waals surface area contributed by atoms with Gasteiger partial charge in [0.15, 0.2) is 0 Å². The molecule has 0 aliphatic heterocycles. The van der Waals surface area contributed by atoms with Crippen molar-refractivity contribution in [3.8, 4) is 0 Å². The monoisotopic (exact) mass is 317 g/mol. The van der Waals surface area contributed by atoms with Crippen molar-refractivity contribution >= 4 is 17.5 Å². The van der Waals surface area contributed by atoms with E-state index in [0.29, 0.717) is 25.4 Å². The van der Waals surface area contributed by atoms with Gasteiger partial charge in [-0.3, -0.25) is 9.59 Å². The van der Waals surface area contributed by atoms with E-state index < -0.39 is 11.8 Å². The maximum atomic E-state index is 12.1. The first-order valence-corrected chi connectivity index (χ1v) is 7.07. The first kappa shape index (κ1) is 16.6. The van der Waals surface area contributed by atoms with Gasteiger partial charge in [0, 0.05) is 26.4 Å². The molecule has 2 rings (SSSR count). The van der Waals surface area contributed by atoms with E-state index in [-0.39, 0.29) is 0 Å². The fourth-order valence-corrected chi connectivity index (χ4v) is 1.95. The van der Waals surface area contributed by atoms with Crippen LogP contribution < -0.4 is 5.32 Å². The molecule has 1 aromatic carbocycles. The number of carbonyl (C=O) groups excluding carboxylic acids is 2. The third-order valence-corrected chi connectivity index (χ3v) is 3.24. The van der Waals surface area contributed by atoms with E-state index in [1.165, 1.54) is 11.2 Å². The summed E-state index contributed by atoms with van der Waals surface area (Å²) in [4.78, 5) is 29.3. The minimum absolute atomic E-state index is 0.351.